The fraction of sp³-hybridized carbons (Fsp3) is 0.483. The van der Waals surface area contributed by atoms with Crippen molar-refractivity contribution < 1.29 is 15.0 Å². The molecule has 1 atom stereocenters. The van der Waals surface area contributed by atoms with E-state index in [1.807, 2.05) is 0 Å². The summed E-state index contributed by atoms with van der Waals surface area (Å²) in [5.41, 5.74) is 0.966. The predicted molar refractivity (Wildman–Crippen MR) is 139 cm³/mol. The van der Waals surface area contributed by atoms with Crippen molar-refractivity contribution in [2.75, 3.05) is 6.61 Å². The molecule has 1 rings (SSSR count). The van der Waals surface area contributed by atoms with Crippen molar-refractivity contribution in [1.29, 1.82) is 0 Å². The van der Waals surface area contributed by atoms with Gasteiger partial charge in [0, 0.05) is 6.42 Å². The Kier molecular flexibility index (Phi) is 17.3. The van der Waals surface area contributed by atoms with Crippen molar-refractivity contribution in [1.82, 2.24) is 5.32 Å². The summed E-state index contributed by atoms with van der Waals surface area (Å²) in [5, 5.41) is 21.7. The molecular formula is C29H43NO3. The third-order valence-electron chi connectivity index (χ3n) is 5.24. The molecule has 0 saturated carbocycles. The molecule has 4 nitrogen and oxygen atoms in total. The van der Waals surface area contributed by atoms with Crippen LogP contribution in [0.1, 0.15) is 76.7 Å². The number of phenolic OH excluding ortho intramolecular Hbond substituents is 1. The van der Waals surface area contributed by atoms with Gasteiger partial charge in [0.1, 0.15) is 5.75 Å². The molecule has 1 amide bonds. The average Bonchev–Trinajstić information content (AvgIpc) is 2.82. The molecule has 0 aliphatic carbocycles. The Labute approximate surface area is 200 Å². The molecule has 0 aromatic heterocycles. The van der Waals surface area contributed by atoms with Crippen LogP contribution in [0.3, 0.4) is 0 Å². The standard InChI is InChI=1S/C29H43NO3/c1-2-3-4-5-6-7-8-9-10-11-12-13-14-15-16-17-18-19-29(33)30-27(25-31)24-26-20-22-28(32)23-21-26/h6-7,9-10,12-13,15-16,20-23,27,31-32H,2-5,8,11,14,17-19,24-25H2,1H3,(H,30,33)/b7-6-,10-9-,13-12-,16-15-/t27-/m1/s1. The van der Waals surface area contributed by atoms with Gasteiger partial charge in [0.15, 0.2) is 0 Å². The molecule has 0 spiro atoms. The van der Waals surface area contributed by atoms with E-state index in [1.165, 1.54) is 25.7 Å². The van der Waals surface area contributed by atoms with Gasteiger partial charge >= 0.3 is 0 Å². The highest BCUT2D eigenvalue weighted by molar-refractivity contribution is 5.76. The topological polar surface area (TPSA) is 69.6 Å². The SMILES string of the molecule is CCCCC/C=C\C/C=C\C/C=C\C/C=C\CCCC(=O)N[C@@H](CO)Cc1ccc(O)cc1. The van der Waals surface area contributed by atoms with E-state index in [0.717, 1.165) is 37.7 Å². The van der Waals surface area contributed by atoms with Gasteiger partial charge in [0.05, 0.1) is 12.6 Å². The van der Waals surface area contributed by atoms with Gasteiger partial charge < -0.3 is 15.5 Å². The summed E-state index contributed by atoms with van der Waals surface area (Å²) in [6, 6.07) is 6.51. The molecule has 4 heteroatoms. The Balaban J connectivity index is 2.06. The van der Waals surface area contributed by atoms with Gasteiger partial charge in [0.2, 0.25) is 5.91 Å². The van der Waals surface area contributed by atoms with E-state index < -0.39 is 0 Å². The largest absolute Gasteiger partial charge is 0.508 e. The molecule has 0 bridgehead atoms. The highest BCUT2D eigenvalue weighted by Gasteiger charge is 2.11. The summed E-state index contributed by atoms with van der Waals surface area (Å²) in [7, 11) is 0. The van der Waals surface area contributed by atoms with Crippen LogP contribution >= 0.6 is 0 Å². The van der Waals surface area contributed by atoms with Crippen LogP contribution in [-0.4, -0.2) is 28.8 Å². The minimum atomic E-state index is -0.307. The Bertz CT molecular complexity index is 732. The predicted octanol–water partition coefficient (Wildman–Crippen LogP) is 6.56. The second-order valence-electron chi connectivity index (χ2n) is 8.30. The molecule has 3 N–H and O–H groups in total. The molecule has 33 heavy (non-hydrogen) atoms. The molecule has 0 fully saturated rings. The molecule has 182 valence electrons. The van der Waals surface area contributed by atoms with Crippen LogP contribution in [0, 0.1) is 0 Å². The number of phenols is 1. The number of aliphatic hydroxyl groups is 1. The van der Waals surface area contributed by atoms with Gasteiger partial charge in [-0.1, -0.05) is 80.5 Å². The fourth-order valence-electron chi connectivity index (χ4n) is 3.32. The van der Waals surface area contributed by atoms with Gasteiger partial charge in [-0.3, -0.25) is 4.79 Å². The maximum atomic E-state index is 12.1. The van der Waals surface area contributed by atoms with E-state index in [4.69, 9.17) is 0 Å². The van der Waals surface area contributed by atoms with Crippen LogP contribution in [0.4, 0.5) is 0 Å². The lowest BCUT2D eigenvalue weighted by atomic mass is 10.1. The van der Waals surface area contributed by atoms with Crippen LogP contribution in [-0.2, 0) is 11.2 Å². The maximum Gasteiger partial charge on any atom is 0.220 e. The van der Waals surface area contributed by atoms with E-state index in [0.29, 0.717) is 12.8 Å². The lowest BCUT2D eigenvalue weighted by Gasteiger charge is -2.16. The first kappa shape index (κ1) is 28.4. The van der Waals surface area contributed by atoms with Crippen LogP contribution in [0.25, 0.3) is 0 Å². The summed E-state index contributed by atoms with van der Waals surface area (Å²) in [6.45, 7) is 2.12. The van der Waals surface area contributed by atoms with Crippen molar-refractivity contribution in [3.63, 3.8) is 0 Å². The molecule has 1 aromatic carbocycles. The number of allylic oxidation sites excluding steroid dienone is 8. The number of benzene rings is 1. The van der Waals surface area contributed by atoms with Crippen LogP contribution in [0.15, 0.2) is 72.9 Å². The number of hydrogen-bond acceptors (Lipinski definition) is 3. The maximum absolute atomic E-state index is 12.1. The molecule has 0 aliphatic heterocycles. The Morgan fingerprint density at radius 3 is 1.94 bits per heavy atom. The Hall–Kier alpha value is -2.59. The second-order valence-corrected chi connectivity index (χ2v) is 8.30. The Morgan fingerprint density at radius 1 is 0.848 bits per heavy atom. The number of aromatic hydroxyl groups is 1. The van der Waals surface area contributed by atoms with Gasteiger partial charge in [-0.2, -0.15) is 0 Å². The molecule has 0 saturated heterocycles. The first-order valence-corrected chi connectivity index (χ1v) is 12.4. The highest BCUT2D eigenvalue weighted by Crippen LogP contribution is 2.11. The molecular weight excluding hydrogens is 410 g/mol. The number of aliphatic hydroxyl groups excluding tert-OH is 1. The number of carbonyl (C=O) groups excluding carboxylic acids is 1. The minimum Gasteiger partial charge on any atom is -0.508 e. The lowest BCUT2D eigenvalue weighted by molar-refractivity contribution is -0.122. The molecule has 0 unspecified atom stereocenters. The summed E-state index contributed by atoms with van der Waals surface area (Å²) >= 11 is 0. The lowest BCUT2D eigenvalue weighted by Crippen LogP contribution is -2.38. The summed E-state index contributed by atoms with van der Waals surface area (Å²) in [6.07, 6.45) is 28.2. The molecule has 0 radical (unpaired) electrons. The minimum absolute atomic E-state index is 0.0382. The van der Waals surface area contributed by atoms with E-state index >= 15 is 0 Å². The van der Waals surface area contributed by atoms with Crippen LogP contribution < -0.4 is 5.32 Å². The zero-order valence-electron chi connectivity index (χ0n) is 20.3. The van der Waals surface area contributed by atoms with E-state index in [9.17, 15) is 15.0 Å². The number of amides is 1. The van der Waals surface area contributed by atoms with Crippen molar-refractivity contribution in [2.45, 2.75) is 83.6 Å². The zero-order chi connectivity index (χ0) is 24.0. The van der Waals surface area contributed by atoms with Crippen molar-refractivity contribution >= 4 is 5.91 Å². The summed E-state index contributed by atoms with van der Waals surface area (Å²) in [5.74, 6) is 0.170. The van der Waals surface area contributed by atoms with Crippen molar-refractivity contribution in [2.24, 2.45) is 0 Å². The van der Waals surface area contributed by atoms with Crippen LogP contribution in [0.5, 0.6) is 5.75 Å². The highest BCUT2D eigenvalue weighted by atomic mass is 16.3. The monoisotopic (exact) mass is 453 g/mol. The van der Waals surface area contributed by atoms with Crippen LogP contribution in [0.2, 0.25) is 0 Å². The van der Waals surface area contributed by atoms with E-state index in [2.05, 4.69) is 60.8 Å². The van der Waals surface area contributed by atoms with Gasteiger partial charge in [-0.25, -0.2) is 0 Å². The van der Waals surface area contributed by atoms with Crippen molar-refractivity contribution in [3.8, 4) is 5.75 Å². The van der Waals surface area contributed by atoms with Crippen molar-refractivity contribution in [3.05, 3.63) is 78.4 Å². The van der Waals surface area contributed by atoms with Gasteiger partial charge in [-0.15, -0.1) is 0 Å². The van der Waals surface area contributed by atoms with E-state index in [1.54, 1.807) is 24.3 Å². The Morgan fingerprint density at radius 2 is 1.39 bits per heavy atom. The van der Waals surface area contributed by atoms with Gasteiger partial charge in [-0.05, 0) is 69.1 Å². The number of rotatable bonds is 18. The fourth-order valence-corrected chi connectivity index (χ4v) is 3.32. The van der Waals surface area contributed by atoms with E-state index in [-0.39, 0.29) is 24.3 Å². The average molecular weight is 454 g/mol. The third-order valence-corrected chi connectivity index (χ3v) is 5.24. The summed E-state index contributed by atoms with van der Waals surface area (Å²) < 4.78 is 0. The van der Waals surface area contributed by atoms with Gasteiger partial charge in [0.25, 0.3) is 0 Å². The first-order valence-electron chi connectivity index (χ1n) is 12.4. The smallest absolute Gasteiger partial charge is 0.220 e. The molecule has 0 heterocycles. The normalized spacial score (nSPS) is 13.0. The number of nitrogens with one attached hydrogen (secondary N) is 1. The number of hydrogen-bond donors (Lipinski definition) is 3. The third kappa shape index (κ3) is 16.7. The number of carbonyl (C=O) groups is 1. The quantitative estimate of drug-likeness (QED) is 0.174. The number of unbranched alkanes of at least 4 members (excludes halogenated alkanes) is 4. The first-order chi connectivity index (χ1) is 16.2. The molecule has 0 aliphatic rings. The summed E-state index contributed by atoms with van der Waals surface area (Å²) in [4.78, 5) is 12.1. The molecule has 1 aromatic rings. The second kappa shape index (κ2) is 20.0. The zero-order valence-corrected chi connectivity index (χ0v) is 20.3.